The lowest BCUT2D eigenvalue weighted by Crippen LogP contribution is -2.39. The van der Waals surface area contributed by atoms with Crippen LogP contribution in [0.2, 0.25) is 0 Å². The molecule has 1 aliphatic heterocycles. The molecule has 0 saturated heterocycles. The number of ether oxygens (including phenoxy) is 3. The summed E-state index contributed by atoms with van der Waals surface area (Å²) in [5, 5.41) is 0. The van der Waals surface area contributed by atoms with Crippen molar-refractivity contribution in [3.63, 3.8) is 0 Å². The highest BCUT2D eigenvalue weighted by Crippen LogP contribution is 2.33. The van der Waals surface area contributed by atoms with Gasteiger partial charge in [-0.15, -0.1) is 0 Å². The Morgan fingerprint density at radius 3 is 2.49 bits per heavy atom. The number of carbonyl (C=O) groups is 1. The van der Waals surface area contributed by atoms with E-state index < -0.39 is 12.0 Å². The molecule has 2 heterocycles. The highest BCUT2D eigenvalue weighted by atomic mass is 79.9. The van der Waals surface area contributed by atoms with Gasteiger partial charge < -0.3 is 14.2 Å². The highest BCUT2D eigenvalue weighted by Gasteiger charge is 2.33. The monoisotopic (exact) mass is 604 g/mol. The molecule has 0 N–H and O–H groups in total. The largest absolute Gasteiger partial charge is 0.493 e. The summed E-state index contributed by atoms with van der Waals surface area (Å²) in [6.07, 6.45) is 1.78. The summed E-state index contributed by atoms with van der Waals surface area (Å²) in [6, 6.07) is 22.2. The first-order chi connectivity index (χ1) is 18.9. The lowest BCUT2D eigenvalue weighted by Gasteiger charge is -2.24. The summed E-state index contributed by atoms with van der Waals surface area (Å²) in [7, 11) is 2.91. The molecule has 0 spiro atoms. The van der Waals surface area contributed by atoms with E-state index in [2.05, 4.69) is 20.9 Å². The van der Waals surface area contributed by atoms with Crippen LogP contribution in [0.5, 0.6) is 11.5 Å². The summed E-state index contributed by atoms with van der Waals surface area (Å²) < 4.78 is 19.7. The molecule has 7 nitrogen and oxygen atoms in total. The molecule has 0 bridgehead atoms. The lowest BCUT2D eigenvalue weighted by atomic mass is 9.96. The van der Waals surface area contributed by atoms with Gasteiger partial charge in [0.2, 0.25) is 0 Å². The van der Waals surface area contributed by atoms with Gasteiger partial charge in [0.1, 0.15) is 6.61 Å². The van der Waals surface area contributed by atoms with Crippen LogP contribution in [0, 0.1) is 0 Å². The Morgan fingerprint density at radius 1 is 1.05 bits per heavy atom. The van der Waals surface area contributed by atoms with E-state index in [1.807, 2.05) is 72.8 Å². The van der Waals surface area contributed by atoms with Crippen molar-refractivity contribution in [1.82, 2.24) is 4.57 Å². The predicted octanol–water partition coefficient (Wildman–Crippen LogP) is 4.76. The number of para-hydroxylation sites is 1. The number of allylic oxidation sites excluding steroid dienone is 1. The minimum Gasteiger partial charge on any atom is -0.493 e. The molecule has 1 aliphatic rings. The fourth-order valence-electron chi connectivity index (χ4n) is 4.49. The predicted molar refractivity (Wildman–Crippen MR) is 154 cm³/mol. The second-order valence-electron chi connectivity index (χ2n) is 8.78. The lowest BCUT2D eigenvalue weighted by molar-refractivity contribution is -0.136. The molecule has 0 fully saturated rings. The van der Waals surface area contributed by atoms with E-state index in [0.29, 0.717) is 44.3 Å². The number of thiazole rings is 1. The molecule has 0 saturated carbocycles. The SMILES string of the molecule is COC(=O)C1=C(C)N=c2s/c(=C\c3cccc(OC)c3OCc3ccccc3)c(=O)n2[C@@H]1c1ccc(Br)cc1. The Balaban J connectivity index is 1.65. The fraction of sp³-hybridized carbons (Fsp3) is 0.167. The van der Waals surface area contributed by atoms with Gasteiger partial charge in [-0.2, -0.15) is 0 Å². The summed E-state index contributed by atoms with van der Waals surface area (Å²) in [5.74, 6) is 0.567. The summed E-state index contributed by atoms with van der Waals surface area (Å²) >= 11 is 4.71. The number of fused-ring (bicyclic) bond motifs is 1. The van der Waals surface area contributed by atoms with Crippen LogP contribution in [0.25, 0.3) is 6.08 Å². The maximum Gasteiger partial charge on any atom is 0.338 e. The van der Waals surface area contributed by atoms with Crippen LogP contribution in [0.1, 0.15) is 29.7 Å². The Hall–Kier alpha value is -3.95. The summed E-state index contributed by atoms with van der Waals surface area (Å²) in [5.41, 5.74) is 3.04. The molecule has 9 heteroatoms. The second kappa shape index (κ2) is 11.4. The van der Waals surface area contributed by atoms with E-state index in [1.165, 1.54) is 18.4 Å². The number of esters is 1. The van der Waals surface area contributed by atoms with E-state index in [4.69, 9.17) is 14.2 Å². The second-order valence-corrected chi connectivity index (χ2v) is 10.7. The molecule has 0 aliphatic carbocycles. The van der Waals surface area contributed by atoms with E-state index in [1.54, 1.807) is 24.7 Å². The van der Waals surface area contributed by atoms with Gasteiger partial charge in [0, 0.05) is 10.0 Å². The molecule has 1 aromatic heterocycles. The topological polar surface area (TPSA) is 79.1 Å². The molecule has 198 valence electrons. The number of carbonyl (C=O) groups excluding carboxylic acids is 1. The van der Waals surface area contributed by atoms with Crippen molar-refractivity contribution >= 4 is 39.3 Å². The van der Waals surface area contributed by atoms with Crippen molar-refractivity contribution in [1.29, 1.82) is 0 Å². The molecule has 0 radical (unpaired) electrons. The number of hydrogen-bond acceptors (Lipinski definition) is 7. The van der Waals surface area contributed by atoms with Crippen molar-refractivity contribution in [3.05, 3.63) is 125 Å². The van der Waals surface area contributed by atoms with E-state index in [0.717, 1.165) is 15.6 Å². The Morgan fingerprint density at radius 2 is 1.79 bits per heavy atom. The fourth-order valence-corrected chi connectivity index (χ4v) is 5.79. The zero-order chi connectivity index (χ0) is 27.5. The summed E-state index contributed by atoms with van der Waals surface area (Å²) in [6.45, 7) is 2.10. The van der Waals surface area contributed by atoms with Crippen LogP contribution in [0.4, 0.5) is 0 Å². The normalized spacial score (nSPS) is 15.0. The number of benzene rings is 3. The number of halogens is 1. The molecule has 0 amide bonds. The van der Waals surface area contributed by atoms with Gasteiger partial charge in [-0.05, 0) is 42.3 Å². The Labute approximate surface area is 237 Å². The van der Waals surface area contributed by atoms with Gasteiger partial charge in [-0.25, -0.2) is 9.79 Å². The third-order valence-electron chi connectivity index (χ3n) is 6.35. The van der Waals surface area contributed by atoms with Crippen LogP contribution >= 0.6 is 27.3 Å². The number of nitrogens with zero attached hydrogens (tertiary/aromatic N) is 2. The van der Waals surface area contributed by atoms with E-state index in [9.17, 15) is 9.59 Å². The highest BCUT2D eigenvalue weighted by molar-refractivity contribution is 9.10. The molecule has 1 atom stereocenters. The van der Waals surface area contributed by atoms with Crippen LogP contribution < -0.4 is 24.4 Å². The first-order valence-corrected chi connectivity index (χ1v) is 13.7. The smallest absolute Gasteiger partial charge is 0.338 e. The van der Waals surface area contributed by atoms with E-state index >= 15 is 0 Å². The van der Waals surface area contributed by atoms with Crippen LogP contribution in [0.3, 0.4) is 0 Å². The zero-order valence-corrected chi connectivity index (χ0v) is 23.9. The molecular weight excluding hydrogens is 580 g/mol. The number of hydrogen-bond donors (Lipinski definition) is 0. The zero-order valence-electron chi connectivity index (χ0n) is 21.5. The molecule has 39 heavy (non-hydrogen) atoms. The minimum atomic E-state index is -0.678. The van der Waals surface area contributed by atoms with Crippen molar-refractivity contribution < 1.29 is 19.0 Å². The van der Waals surface area contributed by atoms with Crippen molar-refractivity contribution in [2.24, 2.45) is 4.99 Å². The van der Waals surface area contributed by atoms with Crippen molar-refractivity contribution in [2.75, 3.05) is 14.2 Å². The van der Waals surface area contributed by atoms with Crippen molar-refractivity contribution in [3.8, 4) is 11.5 Å². The first-order valence-electron chi connectivity index (χ1n) is 12.1. The molecule has 4 aromatic rings. The van der Waals surface area contributed by atoms with Crippen molar-refractivity contribution in [2.45, 2.75) is 19.6 Å². The number of aromatic nitrogens is 1. The Bertz CT molecular complexity index is 1740. The molecule has 3 aromatic carbocycles. The minimum absolute atomic E-state index is 0.266. The average Bonchev–Trinajstić information content (AvgIpc) is 3.26. The third kappa shape index (κ3) is 5.32. The van der Waals surface area contributed by atoms with Crippen LogP contribution in [-0.4, -0.2) is 24.8 Å². The molecule has 5 rings (SSSR count). The maximum absolute atomic E-state index is 13.9. The van der Waals surface area contributed by atoms with Gasteiger partial charge in [0.05, 0.1) is 36.1 Å². The molecular formula is C30H25BrN2O5S. The van der Waals surface area contributed by atoms with Gasteiger partial charge in [0.15, 0.2) is 16.3 Å². The number of rotatable bonds is 7. The number of methoxy groups -OCH3 is 2. The van der Waals surface area contributed by atoms with Gasteiger partial charge in [0.25, 0.3) is 5.56 Å². The quantitative estimate of drug-likeness (QED) is 0.284. The standard InChI is InChI=1S/C30H25BrN2O5S/c1-18-25(29(35)37-3)26(20-12-14-22(31)15-13-20)33-28(34)24(39-30(33)32-18)16-21-10-7-11-23(36-2)27(21)38-17-19-8-5-4-6-9-19/h4-16,26H,17H2,1-3H3/b24-16-/t26-/m1/s1. The summed E-state index contributed by atoms with van der Waals surface area (Å²) in [4.78, 5) is 31.9. The molecule has 0 unspecified atom stereocenters. The van der Waals surface area contributed by atoms with Crippen LogP contribution in [-0.2, 0) is 16.1 Å². The van der Waals surface area contributed by atoms with Gasteiger partial charge in [-0.1, -0.05) is 81.9 Å². The maximum atomic E-state index is 13.9. The first kappa shape index (κ1) is 26.6. The van der Waals surface area contributed by atoms with Gasteiger partial charge in [-0.3, -0.25) is 9.36 Å². The van der Waals surface area contributed by atoms with Crippen LogP contribution in [0.15, 0.2) is 98.3 Å². The average molecular weight is 606 g/mol. The third-order valence-corrected chi connectivity index (χ3v) is 7.87. The van der Waals surface area contributed by atoms with Gasteiger partial charge >= 0.3 is 5.97 Å². The van der Waals surface area contributed by atoms with E-state index in [-0.39, 0.29) is 5.56 Å². The Kier molecular flexibility index (Phi) is 7.81.